The Morgan fingerprint density at radius 2 is 1.89 bits per heavy atom. The molecule has 136 valence electrons. The van der Waals surface area contributed by atoms with Crippen molar-refractivity contribution in [3.05, 3.63) is 59.7 Å². The van der Waals surface area contributed by atoms with Crippen molar-refractivity contribution in [1.29, 1.82) is 0 Å². The van der Waals surface area contributed by atoms with Gasteiger partial charge in [-0.05, 0) is 48.7 Å². The Kier molecular flexibility index (Phi) is 3.92. The zero-order valence-electron chi connectivity index (χ0n) is 14.7. The molecule has 1 saturated carbocycles. The van der Waals surface area contributed by atoms with Crippen LogP contribution in [0.3, 0.4) is 0 Å². The molecule has 0 spiro atoms. The van der Waals surface area contributed by atoms with E-state index in [1.807, 2.05) is 22.9 Å². The minimum Gasteiger partial charge on any atom is -0.339 e. The van der Waals surface area contributed by atoms with Gasteiger partial charge in [0.25, 0.3) is 0 Å². The first kappa shape index (κ1) is 16.1. The zero-order valence-corrected chi connectivity index (χ0v) is 14.7. The second kappa shape index (κ2) is 6.57. The zero-order chi connectivity index (χ0) is 18.2. The average molecular weight is 363 g/mol. The van der Waals surface area contributed by atoms with Crippen molar-refractivity contribution < 1.29 is 8.91 Å². The molecule has 0 unspecified atom stereocenters. The lowest BCUT2D eigenvalue weighted by Gasteiger charge is -2.09. The summed E-state index contributed by atoms with van der Waals surface area (Å²) in [7, 11) is 0. The van der Waals surface area contributed by atoms with Crippen LogP contribution in [0, 0.1) is 5.82 Å². The average Bonchev–Trinajstić information content (AvgIpc) is 3.43. The highest BCUT2D eigenvalue weighted by molar-refractivity contribution is 5.79. The van der Waals surface area contributed by atoms with Crippen LogP contribution in [-0.4, -0.2) is 25.1 Å². The molecule has 0 N–H and O–H groups in total. The molecule has 0 saturated heterocycles. The van der Waals surface area contributed by atoms with Crippen LogP contribution < -0.4 is 0 Å². The predicted octanol–water partition coefficient (Wildman–Crippen LogP) is 4.33. The Hall–Kier alpha value is -3.09. The number of hydrogen-bond donors (Lipinski definition) is 0. The van der Waals surface area contributed by atoms with Gasteiger partial charge in [-0.15, -0.1) is 5.10 Å². The Balaban J connectivity index is 1.40. The molecule has 27 heavy (non-hydrogen) atoms. The van der Waals surface area contributed by atoms with E-state index in [0.29, 0.717) is 24.2 Å². The van der Waals surface area contributed by atoms with Gasteiger partial charge >= 0.3 is 0 Å². The van der Waals surface area contributed by atoms with Crippen molar-refractivity contribution in [3.63, 3.8) is 0 Å². The summed E-state index contributed by atoms with van der Waals surface area (Å²) in [5.74, 6) is 0.750. The van der Waals surface area contributed by atoms with E-state index in [-0.39, 0.29) is 5.82 Å². The summed E-state index contributed by atoms with van der Waals surface area (Å²) in [4.78, 5) is 4.46. The van der Waals surface area contributed by atoms with Crippen molar-refractivity contribution in [2.24, 2.45) is 0 Å². The summed E-state index contributed by atoms with van der Waals surface area (Å²) in [5, 5.41) is 12.8. The minimum atomic E-state index is -0.260. The standard InChI is InChI=1S/C20H18FN5O/c21-15-8-5-13(6-9-15)11-19-22-20(24-27-19)14-7-10-18-17(12-14)23-25-26(18)16-3-1-2-4-16/h5-10,12,16H,1-4,11H2. The van der Waals surface area contributed by atoms with Crippen LogP contribution in [0.15, 0.2) is 47.0 Å². The molecule has 7 heteroatoms. The third kappa shape index (κ3) is 3.09. The van der Waals surface area contributed by atoms with Crippen LogP contribution in [0.5, 0.6) is 0 Å². The second-order valence-corrected chi connectivity index (χ2v) is 6.99. The van der Waals surface area contributed by atoms with E-state index in [2.05, 4.69) is 20.5 Å². The second-order valence-electron chi connectivity index (χ2n) is 6.99. The quantitative estimate of drug-likeness (QED) is 0.540. The molecule has 1 aliphatic carbocycles. The normalized spacial score (nSPS) is 15.0. The largest absolute Gasteiger partial charge is 0.339 e. The monoisotopic (exact) mass is 363 g/mol. The molecule has 2 aromatic heterocycles. The molecule has 5 rings (SSSR count). The molecule has 0 aliphatic heterocycles. The Bertz CT molecular complexity index is 1080. The number of fused-ring (bicyclic) bond motifs is 1. The maximum absolute atomic E-state index is 13.0. The van der Waals surface area contributed by atoms with Crippen molar-refractivity contribution in [1.82, 2.24) is 25.1 Å². The Labute approximate surface area is 155 Å². The lowest BCUT2D eigenvalue weighted by atomic mass is 10.1. The third-order valence-corrected chi connectivity index (χ3v) is 5.14. The maximum Gasteiger partial charge on any atom is 0.231 e. The number of halogens is 1. The lowest BCUT2D eigenvalue weighted by molar-refractivity contribution is 0.385. The summed E-state index contributed by atoms with van der Waals surface area (Å²) in [5.41, 5.74) is 3.64. The van der Waals surface area contributed by atoms with E-state index in [1.54, 1.807) is 12.1 Å². The van der Waals surface area contributed by atoms with Crippen LogP contribution >= 0.6 is 0 Å². The Morgan fingerprint density at radius 3 is 2.70 bits per heavy atom. The van der Waals surface area contributed by atoms with Gasteiger partial charge < -0.3 is 4.52 Å². The van der Waals surface area contributed by atoms with Crippen LogP contribution in [0.1, 0.15) is 43.2 Å². The molecular weight excluding hydrogens is 345 g/mol. The number of rotatable bonds is 4. The van der Waals surface area contributed by atoms with Gasteiger partial charge in [-0.25, -0.2) is 9.07 Å². The smallest absolute Gasteiger partial charge is 0.231 e. The van der Waals surface area contributed by atoms with E-state index in [9.17, 15) is 4.39 Å². The van der Waals surface area contributed by atoms with Gasteiger partial charge in [0.15, 0.2) is 0 Å². The first-order valence-corrected chi connectivity index (χ1v) is 9.18. The number of benzene rings is 2. The molecule has 0 radical (unpaired) electrons. The fraction of sp³-hybridized carbons (Fsp3) is 0.300. The fourth-order valence-corrected chi connectivity index (χ4v) is 3.72. The Morgan fingerprint density at radius 1 is 1.07 bits per heavy atom. The van der Waals surface area contributed by atoms with Crippen molar-refractivity contribution in [3.8, 4) is 11.4 Å². The van der Waals surface area contributed by atoms with Gasteiger partial charge in [0.2, 0.25) is 11.7 Å². The van der Waals surface area contributed by atoms with Gasteiger partial charge in [-0.2, -0.15) is 4.98 Å². The molecule has 0 bridgehead atoms. The molecule has 0 atom stereocenters. The van der Waals surface area contributed by atoms with Crippen LogP contribution in [-0.2, 0) is 6.42 Å². The summed E-state index contributed by atoms with van der Waals surface area (Å²) in [6.07, 6.45) is 5.30. The van der Waals surface area contributed by atoms with Gasteiger partial charge in [0, 0.05) is 5.56 Å². The van der Waals surface area contributed by atoms with E-state index in [0.717, 1.165) is 35.0 Å². The molecular formula is C20H18FN5O. The van der Waals surface area contributed by atoms with Gasteiger partial charge in [-0.1, -0.05) is 35.3 Å². The van der Waals surface area contributed by atoms with E-state index in [4.69, 9.17) is 4.52 Å². The third-order valence-electron chi connectivity index (χ3n) is 5.14. The van der Waals surface area contributed by atoms with Gasteiger partial charge in [0.1, 0.15) is 11.3 Å². The van der Waals surface area contributed by atoms with E-state index < -0.39 is 0 Å². The molecule has 2 heterocycles. The highest BCUT2D eigenvalue weighted by Gasteiger charge is 2.20. The highest BCUT2D eigenvalue weighted by Crippen LogP contribution is 2.31. The number of aromatic nitrogens is 5. The van der Waals surface area contributed by atoms with Gasteiger partial charge in [0.05, 0.1) is 18.0 Å². The lowest BCUT2D eigenvalue weighted by Crippen LogP contribution is -2.06. The van der Waals surface area contributed by atoms with Crippen LogP contribution in [0.2, 0.25) is 0 Å². The maximum atomic E-state index is 13.0. The summed E-state index contributed by atoms with van der Waals surface area (Å²) < 4.78 is 20.4. The molecule has 2 aromatic carbocycles. The SMILES string of the molecule is Fc1ccc(Cc2nc(-c3ccc4c(c3)nnn4C3CCCC3)no2)cc1. The molecule has 1 fully saturated rings. The molecule has 1 aliphatic rings. The van der Waals surface area contributed by atoms with Crippen molar-refractivity contribution >= 4 is 11.0 Å². The molecule has 0 amide bonds. The first-order chi connectivity index (χ1) is 13.3. The van der Waals surface area contributed by atoms with E-state index >= 15 is 0 Å². The topological polar surface area (TPSA) is 69.6 Å². The fourth-order valence-electron chi connectivity index (χ4n) is 3.72. The number of hydrogen-bond acceptors (Lipinski definition) is 5. The van der Waals surface area contributed by atoms with E-state index in [1.165, 1.54) is 25.0 Å². The van der Waals surface area contributed by atoms with Crippen LogP contribution in [0.25, 0.3) is 22.4 Å². The highest BCUT2D eigenvalue weighted by atomic mass is 19.1. The first-order valence-electron chi connectivity index (χ1n) is 9.18. The summed E-state index contributed by atoms with van der Waals surface area (Å²) in [6.45, 7) is 0. The van der Waals surface area contributed by atoms with Gasteiger partial charge in [-0.3, -0.25) is 0 Å². The predicted molar refractivity (Wildman–Crippen MR) is 97.5 cm³/mol. The molecule has 4 aromatic rings. The van der Waals surface area contributed by atoms with Crippen molar-refractivity contribution in [2.45, 2.75) is 38.1 Å². The van der Waals surface area contributed by atoms with Crippen LogP contribution in [0.4, 0.5) is 4.39 Å². The minimum absolute atomic E-state index is 0.260. The summed E-state index contributed by atoms with van der Waals surface area (Å²) >= 11 is 0. The van der Waals surface area contributed by atoms with Crippen molar-refractivity contribution in [2.75, 3.05) is 0 Å². The summed E-state index contributed by atoms with van der Waals surface area (Å²) in [6, 6.07) is 12.7. The molecule has 6 nitrogen and oxygen atoms in total. The number of nitrogens with zero attached hydrogens (tertiary/aromatic N) is 5.